The molecule has 7 nitrogen and oxygen atoms in total. The van der Waals surface area contributed by atoms with Gasteiger partial charge in [0.1, 0.15) is 11.3 Å². The molecule has 1 N–H and O–H groups in total. The molecule has 24 heavy (non-hydrogen) atoms. The van der Waals surface area contributed by atoms with Crippen LogP contribution < -0.4 is 5.32 Å². The van der Waals surface area contributed by atoms with Gasteiger partial charge < -0.3 is 9.84 Å². The minimum absolute atomic E-state index is 0.0967. The summed E-state index contributed by atoms with van der Waals surface area (Å²) in [5.41, 5.74) is 0.0867. The van der Waals surface area contributed by atoms with E-state index >= 15 is 0 Å². The molecule has 132 valence electrons. The first-order chi connectivity index (χ1) is 11.3. The van der Waals surface area contributed by atoms with Crippen molar-refractivity contribution in [1.29, 1.82) is 0 Å². The molecule has 0 radical (unpaired) electrons. The maximum Gasteiger partial charge on any atom is 0.325 e. The van der Waals surface area contributed by atoms with Crippen LogP contribution in [0.4, 0.5) is 4.79 Å². The van der Waals surface area contributed by atoms with Crippen LogP contribution in [0.2, 0.25) is 0 Å². The zero-order valence-corrected chi connectivity index (χ0v) is 14.8. The van der Waals surface area contributed by atoms with Gasteiger partial charge in [-0.1, -0.05) is 5.16 Å². The second-order valence-electron chi connectivity index (χ2n) is 7.40. The van der Waals surface area contributed by atoms with Crippen LogP contribution in [0.3, 0.4) is 0 Å². The maximum atomic E-state index is 12.8. The molecule has 0 aromatic carbocycles. The number of aryl methyl sites for hydroxylation is 1. The number of aromatic nitrogens is 1. The number of likely N-dealkylation sites (tertiary alicyclic amines) is 1. The number of urea groups is 1. The molecule has 2 saturated heterocycles. The second-order valence-corrected chi connectivity index (χ2v) is 7.40. The van der Waals surface area contributed by atoms with Crippen LogP contribution in [-0.4, -0.2) is 51.6 Å². The van der Waals surface area contributed by atoms with E-state index in [1.165, 1.54) is 4.90 Å². The molecule has 3 heterocycles. The number of hydrogen-bond acceptors (Lipinski definition) is 5. The number of nitrogens with zero attached hydrogens (tertiary/aromatic N) is 3. The summed E-state index contributed by atoms with van der Waals surface area (Å²) < 4.78 is 5.13. The van der Waals surface area contributed by atoms with E-state index in [4.69, 9.17) is 4.52 Å². The molecule has 0 bridgehead atoms. The Labute approximate surface area is 142 Å². The monoisotopic (exact) mass is 334 g/mol. The Hall–Kier alpha value is -1.89. The average molecular weight is 334 g/mol. The lowest BCUT2D eigenvalue weighted by Crippen LogP contribution is -2.56. The molecule has 2 unspecified atom stereocenters. The minimum Gasteiger partial charge on any atom is -0.361 e. The van der Waals surface area contributed by atoms with Gasteiger partial charge in [0.25, 0.3) is 5.91 Å². The summed E-state index contributed by atoms with van der Waals surface area (Å²) in [6.45, 7) is 9.91. The lowest BCUT2D eigenvalue weighted by molar-refractivity contribution is -0.134. The summed E-state index contributed by atoms with van der Waals surface area (Å²) in [5.74, 6) is 0.794. The van der Waals surface area contributed by atoms with Gasteiger partial charge in [0.15, 0.2) is 0 Å². The molecule has 3 rings (SSSR count). The first-order valence-electron chi connectivity index (χ1n) is 8.61. The van der Waals surface area contributed by atoms with E-state index in [2.05, 4.69) is 15.4 Å². The van der Waals surface area contributed by atoms with Gasteiger partial charge in [0, 0.05) is 31.1 Å². The fourth-order valence-corrected chi connectivity index (χ4v) is 3.82. The number of nitrogens with one attached hydrogen (secondary N) is 1. The van der Waals surface area contributed by atoms with Crippen molar-refractivity contribution in [2.45, 2.75) is 58.7 Å². The Morgan fingerprint density at radius 1 is 1.46 bits per heavy atom. The maximum absolute atomic E-state index is 12.8. The molecule has 0 spiro atoms. The molecule has 0 aliphatic carbocycles. The van der Waals surface area contributed by atoms with E-state index in [0.29, 0.717) is 6.54 Å². The van der Waals surface area contributed by atoms with Crippen LogP contribution in [0.15, 0.2) is 10.6 Å². The van der Waals surface area contributed by atoms with Crippen LogP contribution in [0.5, 0.6) is 0 Å². The van der Waals surface area contributed by atoms with E-state index < -0.39 is 5.54 Å². The van der Waals surface area contributed by atoms with Crippen molar-refractivity contribution >= 4 is 11.9 Å². The molecule has 7 heteroatoms. The number of amides is 3. The Bertz CT molecular complexity index is 642. The largest absolute Gasteiger partial charge is 0.361 e. The van der Waals surface area contributed by atoms with Crippen molar-refractivity contribution in [3.63, 3.8) is 0 Å². The van der Waals surface area contributed by atoms with Gasteiger partial charge in [0.05, 0.1) is 5.69 Å². The van der Waals surface area contributed by atoms with Crippen LogP contribution >= 0.6 is 0 Å². The average Bonchev–Trinajstić information content (AvgIpc) is 3.01. The molecule has 3 amide bonds. The van der Waals surface area contributed by atoms with Gasteiger partial charge in [0.2, 0.25) is 0 Å². The summed E-state index contributed by atoms with van der Waals surface area (Å²) in [5, 5.41) is 7.00. The Morgan fingerprint density at radius 3 is 2.79 bits per heavy atom. The number of carbonyl (C=O) groups excluding carboxylic acids is 2. The molecule has 2 aliphatic heterocycles. The van der Waals surface area contributed by atoms with Crippen molar-refractivity contribution in [3.8, 4) is 0 Å². The summed E-state index contributed by atoms with van der Waals surface area (Å²) in [4.78, 5) is 28.7. The van der Waals surface area contributed by atoms with Crippen LogP contribution in [0, 0.1) is 12.8 Å². The van der Waals surface area contributed by atoms with E-state index in [-0.39, 0.29) is 23.9 Å². The predicted octanol–water partition coefficient (Wildman–Crippen LogP) is 1.91. The van der Waals surface area contributed by atoms with Gasteiger partial charge in [-0.25, -0.2) is 4.79 Å². The molecule has 1 aromatic rings. The minimum atomic E-state index is -0.820. The van der Waals surface area contributed by atoms with Crippen molar-refractivity contribution in [1.82, 2.24) is 20.3 Å². The van der Waals surface area contributed by atoms with Gasteiger partial charge in [-0.15, -0.1) is 0 Å². The molecular formula is C17H26N4O3. The van der Waals surface area contributed by atoms with Crippen molar-refractivity contribution in [3.05, 3.63) is 17.5 Å². The van der Waals surface area contributed by atoms with Crippen LogP contribution in [0.1, 0.15) is 45.1 Å². The van der Waals surface area contributed by atoms with Crippen LogP contribution in [-0.2, 0) is 11.3 Å². The number of rotatable bonds is 4. The second kappa shape index (κ2) is 6.20. The van der Waals surface area contributed by atoms with Gasteiger partial charge in [-0.2, -0.15) is 0 Å². The third-order valence-electron chi connectivity index (χ3n) is 5.15. The van der Waals surface area contributed by atoms with E-state index in [1.54, 1.807) is 0 Å². The fourth-order valence-electron chi connectivity index (χ4n) is 3.82. The highest BCUT2D eigenvalue weighted by atomic mass is 16.5. The molecule has 2 aliphatic rings. The summed E-state index contributed by atoms with van der Waals surface area (Å²) in [6.07, 6.45) is 1.94. The molecule has 2 atom stereocenters. The van der Waals surface area contributed by atoms with E-state index in [0.717, 1.165) is 37.4 Å². The zero-order valence-electron chi connectivity index (χ0n) is 14.8. The lowest BCUT2D eigenvalue weighted by Gasteiger charge is -2.39. The van der Waals surface area contributed by atoms with Crippen molar-refractivity contribution in [2.75, 3.05) is 13.1 Å². The molecule has 1 aromatic heterocycles. The lowest BCUT2D eigenvalue weighted by atomic mass is 9.79. The molecule has 0 saturated carbocycles. The number of carbonyl (C=O) groups is 2. The smallest absolute Gasteiger partial charge is 0.325 e. The Morgan fingerprint density at radius 2 is 2.21 bits per heavy atom. The third-order valence-corrected chi connectivity index (χ3v) is 5.15. The highest BCUT2D eigenvalue weighted by Gasteiger charge is 2.53. The SMILES string of the molecule is Cc1cc(CN2CCCC(C3(C)NC(=O)N(C(C)C)C3=O)C2)no1. The van der Waals surface area contributed by atoms with Crippen molar-refractivity contribution < 1.29 is 14.1 Å². The van der Waals surface area contributed by atoms with E-state index in [9.17, 15) is 9.59 Å². The zero-order chi connectivity index (χ0) is 17.5. The first kappa shape index (κ1) is 17.0. The van der Waals surface area contributed by atoms with Gasteiger partial charge >= 0.3 is 6.03 Å². The topological polar surface area (TPSA) is 78.7 Å². The fraction of sp³-hybridized carbons (Fsp3) is 0.706. The standard InChI is InChI=1S/C17H26N4O3/c1-11(2)21-15(22)17(4,18-16(21)23)13-6-5-7-20(9-13)10-14-8-12(3)24-19-14/h8,11,13H,5-7,9-10H2,1-4H3,(H,18,23). The quantitative estimate of drug-likeness (QED) is 0.851. The Kier molecular flexibility index (Phi) is 4.38. The summed E-state index contributed by atoms with van der Waals surface area (Å²) >= 11 is 0. The summed E-state index contributed by atoms with van der Waals surface area (Å²) in [7, 11) is 0. The number of hydrogen-bond donors (Lipinski definition) is 1. The highest BCUT2D eigenvalue weighted by Crippen LogP contribution is 2.33. The van der Waals surface area contributed by atoms with Gasteiger partial charge in [-0.05, 0) is 47.1 Å². The van der Waals surface area contributed by atoms with Gasteiger partial charge in [-0.3, -0.25) is 14.6 Å². The number of piperidine rings is 1. The molecular weight excluding hydrogens is 308 g/mol. The van der Waals surface area contributed by atoms with E-state index in [1.807, 2.05) is 33.8 Å². The van der Waals surface area contributed by atoms with Crippen LogP contribution in [0.25, 0.3) is 0 Å². The highest BCUT2D eigenvalue weighted by molar-refractivity contribution is 6.07. The third kappa shape index (κ3) is 2.92. The predicted molar refractivity (Wildman–Crippen MR) is 88.2 cm³/mol. The van der Waals surface area contributed by atoms with Crippen molar-refractivity contribution in [2.24, 2.45) is 5.92 Å². The Balaban J connectivity index is 1.72. The normalized spacial score (nSPS) is 28.7. The first-order valence-corrected chi connectivity index (χ1v) is 8.61. The molecule has 2 fully saturated rings. The summed E-state index contributed by atoms with van der Waals surface area (Å²) in [6, 6.07) is 1.53. The number of imide groups is 1.